The molecule has 1 fully saturated rings. The van der Waals surface area contributed by atoms with Gasteiger partial charge in [-0.1, -0.05) is 6.92 Å². The first-order valence-electron chi connectivity index (χ1n) is 6.85. The summed E-state index contributed by atoms with van der Waals surface area (Å²) in [5.74, 6) is 1.63. The van der Waals surface area contributed by atoms with E-state index < -0.39 is 9.84 Å². The first-order valence-corrected chi connectivity index (χ1v) is 8.67. The van der Waals surface area contributed by atoms with Crippen LogP contribution < -0.4 is 5.32 Å². The van der Waals surface area contributed by atoms with Crippen molar-refractivity contribution in [1.29, 1.82) is 0 Å². The highest BCUT2D eigenvalue weighted by molar-refractivity contribution is 7.91. The molecule has 0 bridgehead atoms. The molecule has 0 saturated carbocycles. The largest absolute Gasteiger partial charge is 0.378 e. The van der Waals surface area contributed by atoms with Gasteiger partial charge in [0.1, 0.15) is 11.6 Å². The van der Waals surface area contributed by atoms with Gasteiger partial charge < -0.3 is 10.1 Å². The third-order valence-electron chi connectivity index (χ3n) is 3.24. The van der Waals surface area contributed by atoms with Crippen LogP contribution in [0, 0.1) is 0 Å². The Morgan fingerprint density at radius 3 is 2.85 bits per heavy atom. The van der Waals surface area contributed by atoms with Crippen LogP contribution in [0.3, 0.4) is 0 Å². The monoisotopic (exact) mass is 299 g/mol. The maximum Gasteiger partial charge on any atom is 0.151 e. The van der Waals surface area contributed by atoms with Gasteiger partial charge in [-0.3, -0.25) is 0 Å². The highest BCUT2D eigenvalue weighted by atomic mass is 32.2. The highest BCUT2D eigenvalue weighted by Crippen LogP contribution is 2.27. The molecule has 1 aromatic rings. The molecule has 1 saturated heterocycles. The lowest BCUT2D eigenvalue weighted by Crippen LogP contribution is -2.12. The fourth-order valence-corrected chi connectivity index (χ4v) is 4.00. The second-order valence-corrected chi connectivity index (χ2v) is 7.29. The second kappa shape index (κ2) is 6.49. The third-order valence-corrected chi connectivity index (χ3v) is 5.01. The number of aromatic nitrogens is 2. The minimum Gasteiger partial charge on any atom is -0.378 e. The Morgan fingerprint density at radius 2 is 2.25 bits per heavy atom. The number of nitrogens with zero attached hydrogens (tertiary/aromatic N) is 2. The van der Waals surface area contributed by atoms with E-state index in [1.54, 1.807) is 7.11 Å². The van der Waals surface area contributed by atoms with Crippen LogP contribution in [0.5, 0.6) is 0 Å². The summed E-state index contributed by atoms with van der Waals surface area (Å²) in [6.07, 6.45) is 1.60. The lowest BCUT2D eigenvalue weighted by molar-refractivity contribution is 0.181. The van der Waals surface area contributed by atoms with Crippen molar-refractivity contribution in [2.45, 2.75) is 32.3 Å². The van der Waals surface area contributed by atoms with Crippen molar-refractivity contribution >= 4 is 15.7 Å². The zero-order valence-electron chi connectivity index (χ0n) is 11.9. The van der Waals surface area contributed by atoms with Gasteiger partial charge in [0.2, 0.25) is 0 Å². The van der Waals surface area contributed by atoms with Gasteiger partial charge in [-0.15, -0.1) is 0 Å². The number of hydrogen-bond acceptors (Lipinski definition) is 6. The fourth-order valence-electron chi connectivity index (χ4n) is 2.26. The highest BCUT2D eigenvalue weighted by Gasteiger charge is 2.31. The summed E-state index contributed by atoms with van der Waals surface area (Å²) >= 11 is 0. The van der Waals surface area contributed by atoms with Crippen molar-refractivity contribution in [2.24, 2.45) is 0 Å². The average Bonchev–Trinajstić information content (AvgIpc) is 2.77. The fraction of sp³-hybridized carbons (Fsp3) is 0.692. The zero-order valence-corrected chi connectivity index (χ0v) is 12.7. The zero-order chi connectivity index (χ0) is 14.6. The van der Waals surface area contributed by atoms with Crippen LogP contribution in [-0.4, -0.2) is 43.5 Å². The Morgan fingerprint density at radius 1 is 1.45 bits per heavy atom. The number of nitrogens with one attached hydrogen (secondary N) is 1. The molecule has 7 heteroatoms. The number of anilines is 1. The lowest BCUT2D eigenvalue weighted by Gasteiger charge is -2.12. The Hall–Kier alpha value is -1.21. The molecule has 1 N–H and O–H groups in total. The maximum atomic E-state index is 11.6. The molecule has 1 aliphatic rings. The molecular formula is C13H21N3O3S. The minimum absolute atomic E-state index is 0.0982. The smallest absolute Gasteiger partial charge is 0.151 e. The van der Waals surface area contributed by atoms with Gasteiger partial charge in [0.25, 0.3) is 0 Å². The Kier molecular flexibility index (Phi) is 4.93. The normalized spacial score (nSPS) is 21.0. The van der Waals surface area contributed by atoms with Gasteiger partial charge in [-0.2, -0.15) is 0 Å². The van der Waals surface area contributed by atoms with Gasteiger partial charge in [0.15, 0.2) is 9.84 Å². The van der Waals surface area contributed by atoms with Gasteiger partial charge >= 0.3 is 0 Å². The molecule has 0 spiro atoms. The van der Waals surface area contributed by atoms with Gasteiger partial charge in [0, 0.05) is 25.6 Å². The Bertz CT molecular complexity index is 560. The molecular weight excluding hydrogens is 278 g/mol. The molecule has 0 aliphatic carbocycles. The molecule has 1 unspecified atom stereocenters. The molecule has 2 heterocycles. The van der Waals surface area contributed by atoms with Crippen molar-refractivity contribution in [2.75, 3.05) is 30.5 Å². The first-order chi connectivity index (χ1) is 9.54. The van der Waals surface area contributed by atoms with Crippen LogP contribution in [-0.2, 0) is 21.2 Å². The number of methoxy groups -OCH3 is 1. The number of ether oxygens (including phenoxy) is 1. The molecule has 1 atom stereocenters. The molecule has 6 nitrogen and oxygen atoms in total. The summed E-state index contributed by atoms with van der Waals surface area (Å²) in [7, 11) is -1.32. The van der Waals surface area contributed by atoms with Crippen molar-refractivity contribution in [3.63, 3.8) is 0 Å². The maximum absolute atomic E-state index is 11.6. The van der Waals surface area contributed by atoms with Gasteiger partial charge in [-0.05, 0) is 12.8 Å². The molecule has 112 valence electrons. The molecule has 1 aliphatic heterocycles. The number of hydrogen-bond donors (Lipinski definition) is 1. The predicted molar refractivity (Wildman–Crippen MR) is 77.5 cm³/mol. The summed E-state index contributed by atoms with van der Waals surface area (Å²) < 4.78 is 28.3. The predicted octanol–water partition coefficient (Wildman–Crippen LogP) is 1.35. The Balaban J connectivity index is 2.24. The lowest BCUT2D eigenvalue weighted by atomic mass is 10.1. The molecule has 2 rings (SSSR count). The van der Waals surface area contributed by atoms with E-state index in [1.807, 2.05) is 6.07 Å². The molecule has 0 aromatic carbocycles. The standard InChI is InChI=1S/C13H21N3O3S/c1-3-5-14-12-7-11(8-19-2)15-13(16-12)10-4-6-20(17,18)9-10/h7,10H,3-6,8-9H2,1-2H3,(H,14,15,16). The van der Waals surface area contributed by atoms with E-state index in [2.05, 4.69) is 22.2 Å². The first kappa shape index (κ1) is 15.2. The van der Waals surface area contributed by atoms with Crippen LogP contribution in [0.2, 0.25) is 0 Å². The van der Waals surface area contributed by atoms with Crippen molar-refractivity contribution in [3.05, 3.63) is 17.6 Å². The summed E-state index contributed by atoms with van der Waals surface area (Å²) in [5, 5.41) is 3.22. The topological polar surface area (TPSA) is 81.2 Å². The van der Waals surface area contributed by atoms with E-state index in [0.29, 0.717) is 18.9 Å². The van der Waals surface area contributed by atoms with E-state index in [0.717, 1.165) is 24.5 Å². The Labute approximate surface area is 119 Å². The molecule has 20 heavy (non-hydrogen) atoms. The molecule has 0 radical (unpaired) electrons. The van der Waals surface area contributed by atoms with Crippen molar-refractivity contribution in [1.82, 2.24) is 9.97 Å². The van der Waals surface area contributed by atoms with Crippen molar-refractivity contribution < 1.29 is 13.2 Å². The van der Waals surface area contributed by atoms with E-state index in [1.165, 1.54) is 0 Å². The second-order valence-electron chi connectivity index (χ2n) is 5.06. The summed E-state index contributed by atoms with van der Waals surface area (Å²) in [6.45, 7) is 3.30. The van der Waals surface area contributed by atoms with E-state index >= 15 is 0 Å². The third kappa shape index (κ3) is 3.89. The van der Waals surface area contributed by atoms with Crippen LogP contribution >= 0.6 is 0 Å². The van der Waals surface area contributed by atoms with Crippen molar-refractivity contribution in [3.8, 4) is 0 Å². The van der Waals surface area contributed by atoms with Crippen LogP contribution in [0.15, 0.2) is 6.07 Å². The summed E-state index contributed by atoms with van der Waals surface area (Å²) in [6, 6.07) is 1.85. The minimum atomic E-state index is -2.93. The summed E-state index contributed by atoms with van der Waals surface area (Å²) in [5.41, 5.74) is 0.778. The van der Waals surface area contributed by atoms with E-state index in [4.69, 9.17) is 4.74 Å². The number of sulfone groups is 1. The van der Waals surface area contributed by atoms with Crippen LogP contribution in [0.1, 0.15) is 37.2 Å². The average molecular weight is 299 g/mol. The van der Waals surface area contributed by atoms with Crippen LogP contribution in [0.4, 0.5) is 5.82 Å². The van der Waals surface area contributed by atoms with Gasteiger partial charge in [-0.25, -0.2) is 18.4 Å². The van der Waals surface area contributed by atoms with E-state index in [9.17, 15) is 8.42 Å². The summed E-state index contributed by atoms with van der Waals surface area (Å²) in [4.78, 5) is 8.90. The quantitative estimate of drug-likeness (QED) is 0.854. The molecule has 1 aromatic heterocycles. The van der Waals surface area contributed by atoms with Gasteiger partial charge in [0.05, 0.1) is 23.8 Å². The molecule has 0 amide bonds. The SMILES string of the molecule is CCCNc1cc(COC)nc(C2CCS(=O)(=O)C2)n1. The number of rotatable bonds is 6. The van der Waals surface area contributed by atoms with E-state index in [-0.39, 0.29) is 17.4 Å². The van der Waals surface area contributed by atoms with Crippen LogP contribution in [0.25, 0.3) is 0 Å².